The number of carbonyl (C=O) groups is 3. The molecule has 3 atom stereocenters. The van der Waals surface area contributed by atoms with Crippen LogP contribution in [0.3, 0.4) is 0 Å². The number of hydrogen-bond acceptors (Lipinski definition) is 15. The van der Waals surface area contributed by atoms with Gasteiger partial charge in [0, 0.05) is 58.7 Å². The molecule has 6 aromatic rings. The molecule has 0 saturated heterocycles. The maximum Gasteiger partial charge on any atom is 0.262 e. The molecule has 15 rings (SSSR count). The molecule has 6 N–H and O–H groups in total. The number of amides is 3. The van der Waals surface area contributed by atoms with Gasteiger partial charge in [-0.3, -0.25) is 29.1 Å². The molecule has 6 aliphatic carbocycles. The average Bonchev–Trinajstić information content (AvgIpc) is 1.55. The van der Waals surface area contributed by atoms with Crippen LogP contribution in [0.1, 0.15) is 105 Å². The minimum atomic E-state index is -0.982. The average molecular weight is 1260 g/mol. The maximum atomic E-state index is 13.8. The highest BCUT2D eigenvalue weighted by Gasteiger charge is 2.68. The van der Waals surface area contributed by atoms with Gasteiger partial charge in [0.1, 0.15) is 37.1 Å². The molecule has 0 aromatic heterocycles. The molecular formula is C75H87N9O9. The second-order valence-electron chi connectivity index (χ2n) is 26.8. The van der Waals surface area contributed by atoms with Crippen molar-refractivity contribution in [3.8, 4) is 17.2 Å². The predicted molar refractivity (Wildman–Crippen MR) is 357 cm³/mol. The Hall–Kier alpha value is -8.58. The van der Waals surface area contributed by atoms with E-state index in [2.05, 4.69) is 91.0 Å². The van der Waals surface area contributed by atoms with Crippen molar-refractivity contribution in [1.82, 2.24) is 14.7 Å². The predicted octanol–water partition coefficient (Wildman–Crippen LogP) is 8.45. The lowest BCUT2D eigenvalue weighted by atomic mass is 9.65. The Kier molecular flexibility index (Phi) is 17.0. The van der Waals surface area contributed by atoms with Crippen LogP contribution in [0, 0.1) is 16.2 Å². The quantitative estimate of drug-likeness (QED) is 0.0980. The molecule has 18 heteroatoms. The lowest BCUT2D eigenvalue weighted by Gasteiger charge is -2.40. The first-order chi connectivity index (χ1) is 45.0. The van der Waals surface area contributed by atoms with Crippen LogP contribution in [0.2, 0.25) is 0 Å². The summed E-state index contributed by atoms with van der Waals surface area (Å²) in [6.45, 7) is 2.91. The molecule has 0 saturated carbocycles. The van der Waals surface area contributed by atoms with Crippen molar-refractivity contribution >= 4 is 35.6 Å². The summed E-state index contributed by atoms with van der Waals surface area (Å²) in [7, 11) is 10.1. The van der Waals surface area contributed by atoms with Gasteiger partial charge in [-0.05, 0) is 199 Å². The second-order valence-corrected chi connectivity index (χ2v) is 26.8. The molecule has 18 nitrogen and oxygen atoms in total. The van der Waals surface area contributed by atoms with Crippen LogP contribution in [0.4, 0.5) is 0 Å². The summed E-state index contributed by atoms with van der Waals surface area (Å²) in [5.41, 5.74) is 29.5. The summed E-state index contributed by atoms with van der Waals surface area (Å²) in [4.78, 5) is 60.8. The molecule has 3 amide bonds. The molecule has 9 aliphatic rings. The Morgan fingerprint density at radius 2 is 0.591 bits per heavy atom. The number of methoxy groups -OCH3 is 3. The van der Waals surface area contributed by atoms with Gasteiger partial charge in [-0.1, -0.05) is 91.0 Å². The lowest BCUT2D eigenvalue weighted by molar-refractivity contribution is -0.136. The Morgan fingerprint density at radius 3 is 0.796 bits per heavy atom. The number of nitrogens with zero attached hydrogens (tertiary/aromatic N) is 6. The van der Waals surface area contributed by atoms with Crippen molar-refractivity contribution in [2.45, 2.75) is 113 Å². The normalized spacial score (nSPS) is 23.6. The zero-order valence-electron chi connectivity index (χ0n) is 54.6. The molecule has 1 unspecified atom stereocenters. The van der Waals surface area contributed by atoms with E-state index in [0.29, 0.717) is 57.5 Å². The van der Waals surface area contributed by atoms with Crippen molar-refractivity contribution < 1.29 is 42.8 Å². The van der Waals surface area contributed by atoms with Gasteiger partial charge in [-0.2, -0.15) is 0 Å². The number of hydrogen-bond donors (Lipinski definition) is 3. The van der Waals surface area contributed by atoms with Gasteiger partial charge in [-0.25, -0.2) is 15.0 Å². The van der Waals surface area contributed by atoms with Gasteiger partial charge in [-0.15, -0.1) is 0 Å². The van der Waals surface area contributed by atoms with E-state index in [1.807, 2.05) is 36.4 Å². The fraction of sp³-hybridized carbons (Fsp3) is 0.440. The van der Waals surface area contributed by atoms with Gasteiger partial charge in [0.2, 0.25) is 0 Å². The van der Waals surface area contributed by atoms with E-state index in [-0.39, 0.29) is 34.0 Å². The third-order valence-electron chi connectivity index (χ3n) is 22.3. The van der Waals surface area contributed by atoms with E-state index < -0.39 is 16.6 Å². The molecule has 0 bridgehead atoms. The van der Waals surface area contributed by atoms with Crippen LogP contribution in [-0.2, 0) is 103 Å². The topological polar surface area (TPSA) is 231 Å². The number of benzene rings is 6. The van der Waals surface area contributed by atoms with E-state index in [0.717, 1.165) is 130 Å². The number of aliphatic imine (C=N–C) groups is 3. The van der Waals surface area contributed by atoms with Crippen LogP contribution >= 0.6 is 0 Å². The van der Waals surface area contributed by atoms with Crippen molar-refractivity contribution in [2.75, 3.05) is 82.1 Å². The number of aryl methyl sites for hydroxylation is 6. The van der Waals surface area contributed by atoms with Crippen molar-refractivity contribution in [3.05, 3.63) is 194 Å². The third kappa shape index (κ3) is 10.3. The SMILES string of the molecule is COCCOc1ccc2c(c1)C1(N=C(N)N(C)C1=O)C1(CCc3ccccc3CC1)C2.COCCOc1ccc2c(c1)[C@@]1(N=C(N)N(C)C1=O)C1(CCc3ccccc3CC1)C2.COCCOc1ccc2c(c1)[C@]1(N=C(N)N(C)C1=O)C1(CCc3ccccc3CC1)C2. The largest absolute Gasteiger partial charge is 0.491 e. The van der Waals surface area contributed by atoms with Gasteiger partial charge in [0.05, 0.1) is 19.8 Å². The van der Waals surface area contributed by atoms with Crippen LogP contribution in [0.5, 0.6) is 17.2 Å². The van der Waals surface area contributed by atoms with Crippen LogP contribution < -0.4 is 31.4 Å². The Balaban J connectivity index is 0.000000127. The zero-order valence-corrected chi connectivity index (χ0v) is 54.6. The van der Waals surface area contributed by atoms with Crippen LogP contribution in [0.25, 0.3) is 0 Å². The first-order valence-electron chi connectivity index (χ1n) is 32.9. The number of nitrogens with two attached hydrogens (primary N) is 3. The summed E-state index contributed by atoms with van der Waals surface area (Å²) < 4.78 is 33.0. The molecule has 0 radical (unpaired) electrons. The highest BCUT2D eigenvalue weighted by Crippen LogP contribution is 2.64. The number of guanidine groups is 3. The number of carbonyl (C=O) groups excluding carboxylic acids is 3. The number of likely N-dealkylation sites (N-methyl/N-ethyl adjacent to an activating group) is 3. The van der Waals surface area contributed by atoms with Gasteiger partial charge >= 0.3 is 0 Å². The Bertz CT molecular complexity index is 3510. The highest BCUT2D eigenvalue weighted by atomic mass is 16.5. The molecule has 3 aliphatic heterocycles. The summed E-state index contributed by atoms with van der Waals surface area (Å²) >= 11 is 0. The zero-order chi connectivity index (χ0) is 64.9. The van der Waals surface area contributed by atoms with E-state index >= 15 is 0 Å². The summed E-state index contributed by atoms with van der Waals surface area (Å²) in [6, 6.07) is 44.2. The molecule has 93 heavy (non-hydrogen) atoms. The Labute approximate surface area is 545 Å². The lowest BCUT2D eigenvalue weighted by Crippen LogP contribution is -2.49. The van der Waals surface area contributed by atoms with E-state index in [1.165, 1.54) is 64.8 Å². The smallest absolute Gasteiger partial charge is 0.262 e. The Morgan fingerprint density at radius 1 is 0.355 bits per heavy atom. The fourth-order valence-corrected chi connectivity index (χ4v) is 17.3. The van der Waals surface area contributed by atoms with Crippen molar-refractivity contribution in [2.24, 2.45) is 48.4 Å². The van der Waals surface area contributed by atoms with E-state index in [9.17, 15) is 14.4 Å². The molecule has 6 aromatic carbocycles. The minimum absolute atomic E-state index is 0.0243. The maximum absolute atomic E-state index is 13.8. The summed E-state index contributed by atoms with van der Waals surface area (Å²) in [6.07, 6.45) is 13.5. The fourth-order valence-electron chi connectivity index (χ4n) is 17.3. The standard InChI is InChI=1S/3C25H29N3O3/c3*1-28-22(29)25(27-23(28)26)21-15-20(31-14-13-30-2)8-7-19(21)16-24(25)11-9-17-5-3-4-6-18(17)10-12-24/h3*3-8,15H,9-14,16H2,1-2H3,(H2,26,27)/t2*25-;/m10./s1. The molecule has 486 valence electrons. The first kappa shape index (κ1) is 63.2. The second kappa shape index (κ2) is 25.0. The van der Waals surface area contributed by atoms with E-state index in [4.69, 9.17) is 60.6 Å². The molecule has 3 heterocycles. The van der Waals surface area contributed by atoms with Gasteiger partial charge in [0.25, 0.3) is 17.7 Å². The van der Waals surface area contributed by atoms with Crippen LogP contribution in [-0.4, -0.2) is 132 Å². The summed E-state index contributed by atoms with van der Waals surface area (Å²) in [5.74, 6) is 3.02. The highest BCUT2D eigenvalue weighted by molar-refractivity contribution is 6.10. The third-order valence-corrected chi connectivity index (χ3v) is 22.3. The monoisotopic (exact) mass is 1260 g/mol. The minimum Gasteiger partial charge on any atom is -0.491 e. The van der Waals surface area contributed by atoms with Crippen molar-refractivity contribution in [1.29, 1.82) is 0 Å². The van der Waals surface area contributed by atoms with Gasteiger partial charge < -0.3 is 45.6 Å². The molecular weight excluding hydrogens is 1170 g/mol. The van der Waals surface area contributed by atoms with Gasteiger partial charge in [0.15, 0.2) is 34.5 Å². The number of rotatable bonds is 12. The molecule has 6 spiro atoms. The number of fused-ring (bicyclic) bond motifs is 12. The number of ether oxygens (including phenoxy) is 6. The van der Waals surface area contributed by atoms with Crippen LogP contribution in [0.15, 0.2) is 142 Å². The molecule has 0 fully saturated rings. The van der Waals surface area contributed by atoms with Crippen molar-refractivity contribution in [3.63, 3.8) is 0 Å². The van der Waals surface area contributed by atoms with E-state index in [1.54, 1.807) is 42.5 Å². The first-order valence-corrected chi connectivity index (χ1v) is 32.9. The summed E-state index contributed by atoms with van der Waals surface area (Å²) in [5, 5.41) is 0.